The van der Waals surface area contributed by atoms with Crippen LogP contribution in [-0.4, -0.2) is 9.79 Å². The predicted molar refractivity (Wildman–Crippen MR) is 24.5 cm³/mol. The van der Waals surface area contributed by atoms with Gasteiger partial charge >= 0.3 is 7.28 Å². The summed E-state index contributed by atoms with van der Waals surface area (Å²) in [6, 6.07) is 0. The third kappa shape index (κ3) is 4.54. The summed E-state index contributed by atoms with van der Waals surface area (Å²) >= 11 is 0. The minimum Gasteiger partial charge on any atom is -0.321 e. The summed E-state index contributed by atoms with van der Waals surface area (Å²) in [5.74, 6) is 0. The van der Waals surface area contributed by atoms with E-state index in [2.05, 4.69) is 5.50 Å². The molecule has 0 radical (unpaired) electrons. The average Bonchev–Trinajstić information content (AvgIpc) is 1.35. The van der Waals surface area contributed by atoms with Crippen molar-refractivity contribution >= 4 is 15.7 Å². The first-order valence-corrected chi connectivity index (χ1v) is 4.63. The maximum atomic E-state index is 9.58. The Morgan fingerprint density at radius 2 is 1.83 bits per heavy atom. The van der Waals surface area contributed by atoms with Crippen LogP contribution in [0.15, 0.2) is 0 Å². The van der Waals surface area contributed by atoms with Crippen LogP contribution in [0.4, 0.5) is 0 Å². The van der Waals surface area contributed by atoms with Gasteiger partial charge in [0.15, 0.2) is 0 Å². The van der Waals surface area contributed by atoms with Gasteiger partial charge < -0.3 is 15.3 Å². The number of hydrogen-bond acceptors (Lipinski definition) is 2. The molecule has 0 amide bonds. The van der Waals surface area contributed by atoms with Crippen molar-refractivity contribution in [3.63, 3.8) is 0 Å². The molecule has 0 aliphatic heterocycles. The maximum absolute atomic E-state index is 9.58. The fourth-order valence-corrected chi connectivity index (χ4v) is 0. The fraction of sp³-hybridized carbons (Fsp3) is 0. The molecule has 0 rings (SSSR count). The van der Waals surface area contributed by atoms with Crippen molar-refractivity contribution in [2.75, 3.05) is 0 Å². The molecule has 0 spiro atoms. The second-order valence-electron chi connectivity index (χ2n) is 0.673. The van der Waals surface area contributed by atoms with Crippen molar-refractivity contribution in [3.05, 3.63) is 0 Å². The van der Waals surface area contributed by atoms with Crippen molar-refractivity contribution in [2.24, 2.45) is 5.50 Å². The molecular formula is H5NO3P2. The van der Waals surface area contributed by atoms with Crippen LogP contribution in [0.25, 0.3) is 0 Å². The molecule has 0 aromatic rings. The van der Waals surface area contributed by atoms with Gasteiger partial charge in [0.05, 0.1) is 8.42 Å². The molecule has 4 N–H and O–H groups in total. The van der Waals surface area contributed by atoms with Crippen LogP contribution in [0.5, 0.6) is 0 Å². The maximum Gasteiger partial charge on any atom is 0.355 e. The van der Waals surface area contributed by atoms with Crippen LogP contribution >= 0.6 is 15.7 Å². The third-order valence-electron chi connectivity index (χ3n) is 0.168. The normalized spacial score (nSPS) is 13.8. The smallest absolute Gasteiger partial charge is 0.321 e. The van der Waals surface area contributed by atoms with E-state index < -0.39 is 15.7 Å². The fourth-order valence-electron chi connectivity index (χ4n) is 0. The summed E-state index contributed by atoms with van der Waals surface area (Å²) in [5, 5.41) is 0. The van der Waals surface area contributed by atoms with Gasteiger partial charge in [0.25, 0.3) is 0 Å². The SMILES string of the molecule is NPP(=O)(O)O. The zero-order valence-corrected chi connectivity index (χ0v) is 4.72. The largest absolute Gasteiger partial charge is 0.355 e. The van der Waals surface area contributed by atoms with Gasteiger partial charge in [-0.3, -0.25) is 4.57 Å². The van der Waals surface area contributed by atoms with Gasteiger partial charge in [-0.25, -0.2) is 0 Å². The van der Waals surface area contributed by atoms with Crippen LogP contribution in [0.1, 0.15) is 0 Å². The first-order chi connectivity index (χ1) is 2.56. The Morgan fingerprint density at radius 1 is 1.67 bits per heavy atom. The van der Waals surface area contributed by atoms with Gasteiger partial charge in [-0.05, 0) is 0 Å². The molecule has 0 bridgehead atoms. The zero-order valence-electron chi connectivity index (χ0n) is 2.83. The van der Waals surface area contributed by atoms with Gasteiger partial charge in [-0.2, -0.15) is 0 Å². The molecule has 38 valence electrons. The lowest BCUT2D eigenvalue weighted by Crippen LogP contribution is -1.72. The highest BCUT2D eigenvalue weighted by Crippen LogP contribution is 2.51. The van der Waals surface area contributed by atoms with Gasteiger partial charge in [0.1, 0.15) is 0 Å². The molecule has 6 heteroatoms. The Morgan fingerprint density at radius 3 is 1.83 bits per heavy atom. The molecule has 0 aliphatic carbocycles. The molecule has 0 saturated carbocycles. The Hall–Kier alpha value is 0.540. The predicted octanol–water partition coefficient (Wildman–Crippen LogP) is -0.369. The van der Waals surface area contributed by atoms with E-state index in [-0.39, 0.29) is 0 Å². The summed E-state index contributed by atoms with van der Waals surface area (Å²) < 4.78 is 9.58. The Balaban J connectivity index is 3.48. The van der Waals surface area contributed by atoms with E-state index in [0.717, 1.165) is 0 Å². The van der Waals surface area contributed by atoms with E-state index in [4.69, 9.17) is 9.79 Å². The molecule has 0 aliphatic rings. The van der Waals surface area contributed by atoms with Gasteiger partial charge in [0.2, 0.25) is 0 Å². The number of hydrogen-bond donors (Lipinski definition) is 3. The topological polar surface area (TPSA) is 83.6 Å². The molecule has 0 fully saturated rings. The average molecular weight is 129 g/mol. The van der Waals surface area contributed by atoms with Crippen molar-refractivity contribution in [1.82, 2.24) is 0 Å². The molecule has 0 heterocycles. The minimum absolute atomic E-state index is 0.766. The van der Waals surface area contributed by atoms with E-state index >= 15 is 0 Å². The summed E-state index contributed by atoms with van der Waals surface area (Å²) in [5.41, 5.74) is 4.57. The van der Waals surface area contributed by atoms with Crippen molar-refractivity contribution < 1.29 is 14.4 Å². The molecule has 0 aromatic heterocycles. The number of rotatable bonds is 1. The van der Waals surface area contributed by atoms with E-state index in [1.807, 2.05) is 0 Å². The highest BCUT2D eigenvalue weighted by molar-refractivity contribution is 8.18. The van der Waals surface area contributed by atoms with E-state index in [0.29, 0.717) is 0 Å². The number of nitrogens with two attached hydrogens (primary N) is 1. The van der Waals surface area contributed by atoms with Crippen LogP contribution in [0, 0.1) is 0 Å². The lowest BCUT2D eigenvalue weighted by molar-refractivity contribution is 0.396. The molecular weight excluding hydrogens is 124 g/mol. The monoisotopic (exact) mass is 129 g/mol. The van der Waals surface area contributed by atoms with Crippen molar-refractivity contribution in [1.29, 1.82) is 0 Å². The van der Waals surface area contributed by atoms with Crippen LogP contribution in [-0.2, 0) is 4.57 Å². The zero-order chi connectivity index (χ0) is 5.21. The second-order valence-corrected chi connectivity index (χ2v) is 4.54. The molecule has 1 atom stereocenters. The van der Waals surface area contributed by atoms with Crippen LogP contribution in [0.3, 0.4) is 0 Å². The summed E-state index contributed by atoms with van der Waals surface area (Å²) in [7, 11) is -4.61. The Kier molecular flexibility index (Phi) is 2.19. The van der Waals surface area contributed by atoms with E-state index in [1.54, 1.807) is 0 Å². The second kappa shape index (κ2) is 2.01. The molecule has 4 nitrogen and oxygen atoms in total. The summed E-state index contributed by atoms with van der Waals surface area (Å²) in [4.78, 5) is 15.6. The van der Waals surface area contributed by atoms with Crippen LogP contribution in [0.2, 0.25) is 0 Å². The minimum atomic E-state index is -3.84. The lowest BCUT2D eigenvalue weighted by Gasteiger charge is -1.92. The first kappa shape index (κ1) is 6.54. The van der Waals surface area contributed by atoms with Crippen molar-refractivity contribution in [2.45, 2.75) is 0 Å². The van der Waals surface area contributed by atoms with Gasteiger partial charge in [-0.15, -0.1) is 0 Å². The molecule has 0 aromatic carbocycles. The summed E-state index contributed by atoms with van der Waals surface area (Å²) in [6.07, 6.45) is 0. The van der Waals surface area contributed by atoms with Gasteiger partial charge in [0, 0.05) is 0 Å². The quantitative estimate of drug-likeness (QED) is 0.422. The van der Waals surface area contributed by atoms with E-state index in [9.17, 15) is 4.57 Å². The molecule has 1 unspecified atom stereocenters. The molecule has 6 heavy (non-hydrogen) atoms. The van der Waals surface area contributed by atoms with Crippen LogP contribution < -0.4 is 5.50 Å². The highest BCUT2D eigenvalue weighted by atomic mass is 32.1. The highest BCUT2D eigenvalue weighted by Gasteiger charge is 2.06. The third-order valence-corrected chi connectivity index (χ3v) is 1.51. The standard InChI is InChI=1S/H5NO3P2/c1-5-6(2,3)4/h5H,1H2,(H2,2,3,4). The van der Waals surface area contributed by atoms with E-state index in [1.165, 1.54) is 0 Å². The Labute approximate surface area is 36.6 Å². The summed E-state index contributed by atoms with van der Waals surface area (Å²) in [6.45, 7) is 0. The Bertz CT molecular complexity index is 72.9. The van der Waals surface area contributed by atoms with Gasteiger partial charge in [-0.1, -0.05) is 0 Å². The van der Waals surface area contributed by atoms with Crippen molar-refractivity contribution in [3.8, 4) is 0 Å². The molecule has 0 saturated heterocycles. The first-order valence-electron chi connectivity index (χ1n) is 1.09. The lowest BCUT2D eigenvalue weighted by atomic mass is 13.9.